The summed E-state index contributed by atoms with van der Waals surface area (Å²) in [5.41, 5.74) is 4.48. The second kappa shape index (κ2) is 12.3. The first-order valence-corrected chi connectivity index (χ1v) is 13.8. The molecule has 1 aliphatic rings. The molecule has 0 saturated heterocycles. The minimum atomic E-state index is -0.292. The van der Waals surface area contributed by atoms with Crippen molar-refractivity contribution >= 4 is 28.9 Å². The molecule has 1 atom stereocenters. The largest absolute Gasteiger partial charge is 0.494 e. The van der Waals surface area contributed by atoms with Crippen molar-refractivity contribution in [1.29, 1.82) is 0 Å². The molecule has 4 aromatic rings. The lowest BCUT2D eigenvalue weighted by molar-refractivity contribution is -0.121. The van der Waals surface area contributed by atoms with Crippen molar-refractivity contribution in [2.75, 3.05) is 13.2 Å². The number of aryl methyl sites for hydroxylation is 1. The maximum absolute atomic E-state index is 12.7. The lowest BCUT2D eigenvalue weighted by atomic mass is 9.92. The maximum atomic E-state index is 12.7. The van der Waals surface area contributed by atoms with Crippen LogP contribution in [-0.4, -0.2) is 39.6 Å². The van der Waals surface area contributed by atoms with E-state index in [0.29, 0.717) is 48.2 Å². The third-order valence-electron chi connectivity index (χ3n) is 6.90. The van der Waals surface area contributed by atoms with Gasteiger partial charge in [0.1, 0.15) is 17.4 Å². The van der Waals surface area contributed by atoms with Crippen molar-refractivity contribution < 1.29 is 14.3 Å². The molecule has 1 amide bonds. The third kappa shape index (κ3) is 6.00. The van der Waals surface area contributed by atoms with Gasteiger partial charge in [-0.2, -0.15) is 0 Å². The molecule has 40 heavy (non-hydrogen) atoms. The number of halogens is 1. The van der Waals surface area contributed by atoms with Gasteiger partial charge >= 0.3 is 0 Å². The smallest absolute Gasteiger partial charge is 0.221 e. The van der Waals surface area contributed by atoms with E-state index in [4.69, 9.17) is 16.3 Å². The van der Waals surface area contributed by atoms with Crippen LogP contribution in [0.15, 0.2) is 78.9 Å². The highest BCUT2D eigenvalue weighted by Crippen LogP contribution is 2.40. The van der Waals surface area contributed by atoms with Gasteiger partial charge in [0, 0.05) is 41.5 Å². The quantitative estimate of drug-likeness (QED) is 0.183. The first-order chi connectivity index (χ1) is 19.4. The Kier molecular flexibility index (Phi) is 8.41. The molecule has 3 aromatic carbocycles. The molecule has 7 nitrogen and oxygen atoms in total. The number of hydrogen-bond acceptors (Lipinski definition) is 5. The summed E-state index contributed by atoms with van der Waals surface area (Å²) >= 11 is 6.21. The zero-order valence-electron chi connectivity index (χ0n) is 22.6. The average molecular weight is 555 g/mol. The van der Waals surface area contributed by atoms with Crippen molar-refractivity contribution in [2.24, 2.45) is 0 Å². The van der Waals surface area contributed by atoms with Gasteiger partial charge < -0.3 is 10.1 Å². The number of Topliss-reactive ketones (excluding diaryl/α,β-unsaturated/α-hetero) is 1. The number of nitrogens with one attached hydrogen (secondary N) is 1. The van der Waals surface area contributed by atoms with Gasteiger partial charge in [0.2, 0.25) is 5.91 Å². The first-order valence-electron chi connectivity index (χ1n) is 13.5. The van der Waals surface area contributed by atoms with Gasteiger partial charge in [-0.1, -0.05) is 60.1 Å². The topological polar surface area (TPSA) is 86.1 Å². The number of nitrogens with zero attached hydrogens (tertiary/aromatic N) is 3. The SMILES string of the molecule is CCNC(=O)C[C@@H]1C=C(c2ccc(Cl)cc2)c2cc(OCCCC(=O)c3ccccc3)ccc2-n2c(C)nnc21. The molecule has 1 aromatic heterocycles. The maximum Gasteiger partial charge on any atom is 0.221 e. The lowest BCUT2D eigenvalue weighted by Crippen LogP contribution is -2.24. The van der Waals surface area contributed by atoms with Crippen LogP contribution in [0.1, 0.15) is 65.2 Å². The normalized spacial score (nSPS) is 14.0. The summed E-state index contributed by atoms with van der Waals surface area (Å²) in [4.78, 5) is 25.1. The molecule has 1 aliphatic heterocycles. The number of benzene rings is 3. The summed E-state index contributed by atoms with van der Waals surface area (Å²) in [5.74, 6) is 1.90. The molecular weight excluding hydrogens is 524 g/mol. The van der Waals surface area contributed by atoms with Gasteiger partial charge in [-0.05, 0) is 61.7 Å². The number of ketones is 1. The Morgan fingerprint density at radius 1 is 1.02 bits per heavy atom. The van der Waals surface area contributed by atoms with Gasteiger partial charge in [-0.3, -0.25) is 14.2 Å². The Morgan fingerprint density at radius 3 is 2.55 bits per heavy atom. The molecule has 0 bridgehead atoms. The minimum Gasteiger partial charge on any atom is -0.494 e. The average Bonchev–Trinajstić information content (AvgIpc) is 3.29. The summed E-state index contributed by atoms with van der Waals surface area (Å²) in [5, 5.41) is 12.4. The predicted octanol–water partition coefficient (Wildman–Crippen LogP) is 6.33. The summed E-state index contributed by atoms with van der Waals surface area (Å²) < 4.78 is 8.14. The van der Waals surface area contributed by atoms with E-state index in [2.05, 4.69) is 21.6 Å². The number of carbonyl (C=O) groups excluding carboxylic acids is 2. The number of ether oxygens (including phenoxy) is 1. The van der Waals surface area contributed by atoms with Crippen LogP contribution >= 0.6 is 11.6 Å². The Bertz CT molecular complexity index is 1540. The molecule has 0 fully saturated rings. The Labute approximate surface area is 238 Å². The van der Waals surface area contributed by atoms with Crippen LogP contribution in [0, 0.1) is 6.92 Å². The third-order valence-corrected chi connectivity index (χ3v) is 7.15. The van der Waals surface area contributed by atoms with E-state index in [-0.39, 0.29) is 24.0 Å². The zero-order valence-corrected chi connectivity index (χ0v) is 23.3. The van der Waals surface area contributed by atoms with Crippen molar-refractivity contribution in [3.8, 4) is 11.4 Å². The van der Waals surface area contributed by atoms with E-state index in [1.54, 1.807) is 0 Å². The van der Waals surface area contributed by atoms with Crippen molar-refractivity contribution in [3.63, 3.8) is 0 Å². The molecular formula is C32H31ClN4O3. The molecule has 0 radical (unpaired) electrons. The molecule has 204 valence electrons. The van der Waals surface area contributed by atoms with Crippen molar-refractivity contribution in [3.05, 3.63) is 112 Å². The summed E-state index contributed by atoms with van der Waals surface area (Å²) in [6, 6.07) is 22.9. The summed E-state index contributed by atoms with van der Waals surface area (Å²) in [7, 11) is 0. The highest BCUT2D eigenvalue weighted by atomic mass is 35.5. The first kappa shape index (κ1) is 27.3. The highest BCUT2D eigenvalue weighted by Gasteiger charge is 2.28. The van der Waals surface area contributed by atoms with E-state index >= 15 is 0 Å². The fraction of sp³-hybridized carbons (Fsp3) is 0.250. The fourth-order valence-electron chi connectivity index (χ4n) is 4.99. The van der Waals surface area contributed by atoms with Gasteiger partial charge in [0.25, 0.3) is 0 Å². The van der Waals surface area contributed by atoms with E-state index < -0.39 is 0 Å². The number of aromatic nitrogens is 3. The minimum absolute atomic E-state index is 0.0496. The molecule has 5 rings (SSSR count). The van der Waals surface area contributed by atoms with Gasteiger partial charge in [0.05, 0.1) is 12.3 Å². The van der Waals surface area contributed by atoms with Crippen LogP contribution in [0.25, 0.3) is 11.3 Å². The van der Waals surface area contributed by atoms with Crippen LogP contribution in [0.3, 0.4) is 0 Å². The second-order valence-electron chi connectivity index (χ2n) is 9.71. The molecule has 0 unspecified atom stereocenters. The molecule has 8 heteroatoms. The molecule has 0 spiro atoms. The van der Waals surface area contributed by atoms with Crippen LogP contribution in [0.4, 0.5) is 0 Å². The lowest BCUT2D eigenvalue weighted by Gasteiger charge is -2.16. The van der Waals surface area contributed by atoms with E-state index in [1.165, 1.54) is 0 Å². The number of rotatable bonds is 10. The number of hydrogen-bond donors (Lipinski definition) is 1. The predicted molar refractivity (Wildman–Crippen MR) is 156 cm³/mol. The van der Waals surface area contributed by atoms with Crippen molar-refractivity contribution in [1.82, 2.24) is 20.1 Å². The van der Waals surface area contributed by atoms with Gasteiger partial charge in [-0.15, -0.1) is 10.2 Å². The van der Waals surface area contributed by atoms with Crippen LogP contribution in [0.2, 0.25) is 5.02 Å². The standard InChI is InChI=1S/C32H31ClN4O3/c1-3-34-31(39)19-24-18-27(22-11-13-25(33)14-12-22)28-20-26(15-16-29(28)37-21(2)35-36-32(24)37)40-17-7-10-30(38)23-8-5-4-6-9-23/h4-6,8-9,11-16,18,20,24H,3,7,10,17,19H2,1-2H3,(H,34,39)/t24-/m0/s1. The molecule has 0 saturated carbocycles. The monoisotopic (exact) mass is 554 g/mol. The zero-order chi connectivity index (χ0) is 28.1. The van der Waals surface area contributed by atoms with E-state index in [9.17, 15) is 9.59 Å². The summed E-state index contributed by atoms with van der Waals surface area (Å²) in [6.45, 7) is 4.78. The van der Waals surface area contributed by atoms with Gasteiger partial charge in [0.15, 0.2) is 5.78 Å². The molecule has 0 aliphatic carbocycles. The Balaban J connectivity index is 1.47. The van der Waals surface area contributed by atoms with Gasteiger partial charge in [-0.25, -0.2) is 0 Å². The van der Waals surface area contributed by atoms with Crippen LogP contribution < -0.4 is 10.1 Å². The highest BCUT2D eigenvalue weighted by molar-refractivity contribution is 6.30. The van der Waals surface area contributed by atoms with Crippen molar-refractivity contribution in [2.45, 2.75) is 39.0 Å². The fourth-order valence-corrected chi connectivity index (χ4v) is 5.12. The Morgan fingerprint density at radius 2 is 1.80 bits per heavy atom. The van der Waals surface area contributed by atoms with Crippen LogP contribution in [0.5, 0.6) is 5.75 Å². The number of amides is 1. The number of carbonyl (C=O) groups is 2. The number of allylic oxidation sites excluding steroid dienone is 1. The number of fused-ring (bicyclic) bond motifs is 3. The molecule has 2 heterocycles. The second-order valence-corrected chi connectivity index (χ2v) is 10.1. The van der Waals surface area contributed by atoms with Crippen LogP contribution in [-0.2, 0) is 4.79 Å². The molecule has 1 N–H and O–H groups in total. The Hall–Kier alpha value is -4.23. The summed E-state index contributed by atoms with van der Waals surface area (Å²) in [6.07, 6.45) is 3.35. The van der Waals surface area contributed by atoms with E-state index in [0.717, 1.165) is 28.2 Å². The van der Waals surface area contributed by atoms with E-state index in [1.807, 2.05) is 91.2 Å².